The summed E-state index contributed by atoms with van der Waals surface area (Å²) in [7, 11) is 2.00. The number of halogens is 2. The van der Waals surface area contributed by atoms with Crippen molar-refractivity contribution in [3.05, 3.63) is 63.1 Å². The lowest BCUT2D eigenvalue weighted by molar-refractivity contribution is 0.318. The third-order valence-electron chi connectivity index (χ3n) is 3.10. The number of nitrogens with two attached hydrogens (primary N) is 1. The molecule has 6 heteroatoms. The molecule has 2 aromatic rings. The zero-order chi connectivity index (χ0) is 15.4. The first-order valence-corrected chi connectivity index (χ1v) is 7.41. The van der Waals surface area contributed by atoms with Crippen molar-refractivity contribution in [2.45, 2.75) is 6.54 Å². The van der Waals surface area contributed by atoms with Crippen LogP contribution in [0.5, 0.6) is 0 Å². The molecule has 2 aromatic carbocycles. The fraction of sp³-hybridized carbons (Fsp3) is 0.133. The molecule has 0 atom stereocenters. The molecular formula is C15H15BrClN3O. The van der Waals surface area contributed by atoms with Gasteiger partial charge in [-0.1, -0.05) is 28.9 Å². The van der Waals surface area contributed by atoms with Gasteiger partial charge >= 0.3 is 0 Å². The first-order chi connectivity index (χ1) is 10.0. The van der Waals surface area contributed by atoms with Crippen LogP contribution in [-0.2, 0) is 6.54 Å². The Labute approximate surface area is 136 Å². The van der Waals surface area contributed by atoms with E-state index in [1.54, 1.807) is 0 Å². The summed E-state index contributed by atoms with van der Waals surface area (Å²) in [5.74, 6) is 0.0857. The summed E-state index contributed by atoms with van der Waals surface area (Å²) in [5.41, 5.74) is 8.42. The molecule has 0 amide bonds. The summed E-state index contributed by atoms with van der Waals surface area (Å²) >= 11 is 9.40. The number of hydrogen-bond acceptors (Lipinski definition) is 3. The van der Waals surface area contributed by atoms with E-state index >= 15 is 0 Å². The Morgan fingerprint density at radius 3 is 2.52 bits per heavy atom. The lowest BCUT2D eigenvalue weighted by Gasteiger charge is -2.21. The molecule has 0 saturated heterocycles. The first kappa shape index (κ1) is 15.7. The molecule has 0 saturated carbocycles. The third-order valence-corrected chi connectivity index (χ3v) is 3.98. The van der Waals surface area contributed by atoms with Gasteiger partial charge in [-0.15, -0.1) is 0 Å². The third kappa shape index (κ3) is 3.89. The summed E-state index contributed by atoms with van der Waals surface area (Å²) < 4.78 is 0.878. The quantitative estimate of drug-likeness (QED) is 0.373. The van der Waals surface area contributed by atoms with E-state index in [0.717, 1.165) is 27.3 Å². The molecule has 0 aliphatic rings. The molecule has 21 heavy (non-hydrogen) atoms. The number of rotatable bonds is 4. The van der Waals surface area contributed by atoms with Crippen molar-refractivity contribution in [1.82, 2.24) is 0 Å². The van der Waals surface area contributed by atoms with E-state index in [1.165, 1.54) is 0 Å². The van der Waals surface area contributed by atoms with E-state index in [-0.39, 0.29) is 5.84 Å². The van der Waals surface area contributed by atoms with Gasteiger partial charge in [-0.05, 0) is 51.8 Å². The van der Waals surface area contributed by atoms with Crippen LogP contribution in [0.3, 0.4) is 0 Å². The highest BCUT2D eigenvalue weighted by Gasteiger charge is 2.09. The molecule has 4 nitrogen and oxygen atoms in total. The largest absolute Gasteiger partial charge is 0.409 e. The van der Waals surface area contributed by atoms with Gasteiger partial charge in [-0.3, -0.25) is 0 Å². The van der Waals surface area contributed by atoms with Crippen LogP contribution in [0.1, 0.15) is 11.1 Å². The number of nitrogens with zero attached hydrogens (tertiary/aromatic N) is 2. The predicted molar refractivity (Wildman–Crippen MR) is 90.2 cm³/mol. The summed E-state index contributed by atoms with van der Waals surface area (Å²) in [6, 6.07) is 13.3. The molecule has 2 rings (SSSR count). The smallest absolute Gasteiger partial charge is 0.170 e. The average molecular weight is 369 g/mol. The molecule has 3 N–H and O–H groups in total. The van der Waals surface area contributed by atoms with Crippen LogP contribution in [0.4, 0.5) is 5.69 Å². The maximum absolute atomic E-state index is 8.70. The molecule has 0 radical (unpaired) electrons. The SMILES string of the molecule is CN(Cc1ccc(Cl)cc1)c1ccc(/C(N)=N/O)cc1Br. The van der Waals surface area contributed by atoms with Crippen molar-refractivity contribution in [2.24, 2.45) is 10.9 Å². The van der Waals surface area contributed by atoms with Gasteiger partial charge < -0.3 is 15.8 Å². The van der Waals surface area contributed by atoms with Crippen molar-refractivity contribution in [3.63, 3.8) is 0 Å². The number of amidine groups is 1. The summed E-state index contributed by atoms with van der Waals surface area (Å²) in [4.78, 5) is 2.10. The molecule has 0 unspecified atom stereocenters. The fourth-order valence-electron chi connectivity index (χ4n) is 1.98. The summed E-state index contributed by atoms with van der Waals surface area (Å²) in [5, 5.41) is 12.4. The van der Waals surface area contributed by atoms with Crippen LogP contribution in [0.2, 0.25) is 5.02 Å². The van der Waals surface area contributed by atoms with E-state index in [2.05, 4.69) is 26.0 Å². The van der Waals surface area contributed by atoms with Gasteiger partial charge in [0, 0.05) is 28.7 Å². The second-order valence-corrected chi connectivity index (χ2v) is 5.92. The highest BCUT2D eigenvalue weighted by molar-refractivity contribution is 9.10. The van der Waals surface area contributed by atoms with E-state index in [0.29, 0.717) is 5.56 Å². The van der Waals surface area contributed by atoms with E-state index in [9.17, 15) is 0 Å². The molecule has 110 valence electrons. The Bertz CT molecular complexity index is 658. The Morgan fingerprint density at radius 2 is 1.95 bits per heavy atom. The Morgan fingerprint density at radius 1 is 1.29 bits per heavy atom. The van der Waals surface area contributed by atoms with E-state index < -0.39 is 0 Å². The van der Waals surface area contributed by atoms with Gasteiger partial charge in [0.2, 0.25) is 0 Å². The highest BCUT2D eigenvalue weighted by atomic mass is 79.9. The van der Waals surface area contributed by atoms with Crippen LogP contribution >= 0.6 is 27.5 Å². The normalized spacial score (nSPS) is 11.5. The lowest BCUT2D eigenvalue weighted by atomic mass is 10.1. The van der Waals surface area contributed by atoms with E-state index in [1.807, 2.05) is 49.5 Å². The van der Waals surface area contributed by atoms with E-state index in [4.69, 9.17) is 22.5 Å². The number of oxime groups is 1. The average Bonchev–Trinajstić information content (AvgIpc) is 2.48. The van der Waals surface area contributed by atoms with Crippen LogP contribution in [-0.4, -0.2) is 18.1 Å². The molecule has 0 bridgehead atoms. The lowest BCUT2D eigenvalue weighted by Crippen LogP contribution is -2.18. The van der Waals surface area contributed by atoms with Gasteiger partial charge in [-0.2, -0.15) is 0 Å². The Balaban J connectivity index is 2.19. The maximum atomic E-state index is 8.70. The van der Waals surface area contributed by atoms with Crippen LogP contribution in [0, 0.1) is 0 Å². The molecule has 0 spiro atoms. The zero-order valence-corrected chi connectivity index (χ0v) is 13.8. The predicted octanol–water partition coefficient (Wildman–Crippen LogP) is 3.83. The van der Waals surface area contributed by atoms with Crippen LogP contribution < -0.4 is 10.6 Å². The standard InChI is InChI=1S/C15H15BrClN3O/c1-20(9-10-2-5-12(17)6-3-10)14-7-4-11(8-13(14)16)15(18)19-21/h2-8,21H,9H2,1H3,(H2,18,19). The molecular weight excluding hydrogens is 354 g/mol. The Kier molecular flexibility index (Phi) is 5.09. The van der Waals surface area contributed by atoms with Crippen molar-refractivity contribution in [2.75, 3.05) is 11.9 Å². The maximum Gasteiger partial charge on any atom is 0.170 e. The molecule has 0 aliphatic carbocycles. The fourth-order valence-corrected chi connectivity index (χ4v) is 2.79. The second kappa shape index (κ2) is 6.83. The zero-order valence-electron chi connectivity index (χ0n) is 11.4. The minimum atomic E-state index is 0.0857. The van der Waals surface area contributed by atoms with Gasteiger partial charge in [0.05, 0.1) is 5.69 Å². The van der Waals surface area contributed by atoms with Gasteiger partial charge in [0.25, 0.3) is 0 Å². The first-order valence-electron chi connectivity index (χ1n) is 6.24. The van der Waals surface area contributed by atoms with Crippen LogP contribution in [0.25, 0.3) is 0 Å². The minimum absolute atomic E-state index is 0.0857. The van der Waals surface area contributed by atoms with Gasteiger partial charge in [0.15, 0.2) is 5.84 Å². The minimum Gasteiger partial charge on any atom is -0.409 e. The molecule has 0 heterocycles. The number of hydrogen-bond donors (Lipinski definition) is 2. The Hall–Kier alpha value is -1.72. The summed E-state index contributed by atoms with van der Waals surface area (Å²) in [6.07, 6.45) is 0. The topological polar surface area (TPSA) is 61.8 Å². The van der Waals surface area contributed by atoms with Gasteiger partial charge in [0.1, 0.15) is 0 Å². The molecule has 0 fully saturated rings. The van der Waals surface area contributed by atoms with Crippen molar-refractivity contribution < 1.29 is 5.21 Å². The molecule has 0 aliphatic heterocycles. The number of anilines is 1. The molecule has 0 aromatic heterocycles. The van der Waals surface area contributed by atoms with Crippen molar-refractivity contribution >= 4 is 39.1 Å². The van der Waals surface area contributed by atoms with Crippen molar-refractivity contribution in [3.8, 4) is 0 Å². The highest BCUT2D eigenvalue weighted by Crippen LogP contribution is 2.27. The second-order valence-electron chi connectivity index (χ2n) is 4.63. The monoisotopic (exact) mass is 367 g/mol. The van der Waals surface area contributed by atoms with Crippen molar-refractivity contribution in [1.29, 1.82) is 0 Å². The van der Waals surface area contributed by atoms with Crippen LogP contribution in [0.15, 0.2) is 52.1 Å². The summed E-state index contributed by atoms with van der Waals surface area (Å²) in [6.45, 7) is 0.749. The number of benzene rings is 2. The van der Waals surface area contributed by atoms with Gasteiger partial charge in [-0.25, -0.2) is 0 Å².